The van der Waals surface area contributed by atoms with E-state index in [4.69, 9.17) is 0 Å². The maximum atomic E-state index is 13.8. The Labute approximate surface area is 188 Å². The fraction of sp³-hybridized carbons (Fsp3) is 0.609. The van der Waals surface area contributed by atoms with Crippen molar-refractivity contribution in [3.63, 3.8) is 0 Å². The SMILES string of the molecule is Cn1c(C(=O)N2CCN(C3CC4CC4C3O)C(=O)C2)nc2c(C(F)(F)F)cc(C3CC3)cc21. The zero-order valence-electron chi connectivity index (χ0n) is 18.2. The van der Waals surface area contributed by atoms with E-state index in [1.54, 1.807) is 18.0 Å². The maximum Gasteiger partial charge on any atom is 0.418 e. The van der Waals surface area contributed by atoms with Crippen LogP contribution in [0.4, 0.5) is 13.2 Å². The third kappa shape index (κ3) is 3.33. The van der Waals surface area contributed by atoms with Crippen LogP contribution in [0.2, 0.25) is 0 Å². The van der Waals surface area contributed by atoms with Crippen molar-refractivity contribution >= 4 is 22.8 Å². The molecule has 3 aliphatic carbocycles. The first-order valence-electron chi connectivity index (χ1n) is 11.5. The molecule has 4 atom stereocenters. The van der Waals surface area contributed by atoms with Gasteiger partial charge in [0.05, 0.1) is 23.2 Å². The first-order chi connectivity index (χ1) is 15.6. The Morgan fingerprint density at radius 1 is 1.18 bits per heavy atom. The largest absolute Gasteiger partial charge is 0.418 e. The van der Waals surface area contributed by atoms with Gasteiger partial charge in [-0.3, -0.25) is 9.59 Å². The molecule has 2 aromatic rings. The van der Waals surface area contributed by atoms with Crippen LogP contribution in [0.25, 0.3) is 11.0 Å². The summed E-state index contributed by atoms with van der Waals surface area (Å²) in [4.78, 5) is 33.2. The molecule has 3 saturated carbocycles. The van der Waals surface area contributed by atoms with Crippen LogP contribution in [0.3, 0.4) is 0 Å². The van der Waals surface area contributed by atoms with Gasteiger partial charge in [-0.1, -0.05) is 0 Å². The van der Waals surface area contributed by atoms with Gasteiger partial charge < -0.3 is 19.5 Å². The van der Waals surface area contributed by atoms with Gasteiger partial charge in [0.2, 0.25) is 5.91 Å². The number of aliphatic hydroxyl groups excluding tert-OH is 1. The van der Waals surface area contributed by atoms with Crippen LogP contribution in [0.1, 0.15) is 53.3 Å². The summed E-state index contributed by atoms with van der Waals surface area (Å²) in [5.41, 5.74) is -0.177. The Bertz CT molecular complexity index is 1170. The fourth-order valence-electron chi connectivity index (χ4n) is 5.73. The summed E-state index contributed by atoms with van der Waals surface area (Å²) in [7, 11) is 1.54. The number of aryl methyl sites for hydroxylation is 1. The summed E-state index contributed by atoms with van der Waals surface area (Å²) in [6.07, 6.45) is -1.57. The lowest BCUT2D eigenvalue weighted by Crippen LogP contribution is -2.57. The number of carbonyl (C=O) groups is 2. The molecule has 1 saturated heterocycles. The van der Waals surface area contributed by atoms with Crippen LogP contribution >= 0.6 is 0 Å². The Hall–Kier alpha value is -2.62. The topological polar surface area (TPSA) is 78.7 Å². The number of hydrogen-bond donors (Lipinski definition) is 1. The fourth-order valence-corrected chi connectivity index (χ4v) is 5.73. The third-order valence-corrected chi connectivity index (χ3v) is 7.85. The molecule has 2 heterocycles. The minimum absolute atomic E-state index is 0.105. The Morgan fingerprint density at radius 2 is 1.94 bits per heavy atom. The lowest BCUT2D eigenvalue weighted by molar-refractivity contribution is -0.140. The van der Waals surface area contributed by atoms with Crippen LogP contribution in [-0.4, -0.2) is 68.1 Å². The number of benzene rings is 1. The molecule has 0 radical (unpaired) electrons. The number of amides is 2. The van der Waals surface area contributed by atoms with Gasteiger partial charge >= 0.3 is 6.18 Å². The first kappa shape index (κ1) is 20.9. The third-order valence-electron chi connectivity index (χ3n) is 7.85. The van der Waals surface area contributed by atoms with Crippen molar-refractivity contribution in [2.45, 2.75) is 49.9 Å². The molecule has 4 unspecified atom stereocenters. The molecular weight excluding hydrogens is 437 g/mol. The average Bonchev–Trinajstić information content (AvgIpc) is 3.68. The smallest absolute Gasteiger partial charge is 0.391 e. The zero-order chi connectivity index (χ0) is 23.2. The summed E-state index contributed by atoms with van der Waals surface area (Å²) in [6, 6.07) is 2.65. The molecule has 1 aliphatic heterocycles. The van der Waals surface area contributed by atoms with E-state index in [1.165, 1.54) is 9.47 Å². The van der Waals surface area contributed by atoms with Gasteiger partial charge in [0.25, 0.3) is 5.91 Å². The number of aliphatic hydroxyl groups is 1. The standard InChI is InChI=1S/C23H25F3N4O3/c1-28-16-8-12(11-2-3-11)7-15(23(24,25)26)19(16)27-21(28)22(33)29-4-5-30(18(31)10-29)17-9-13-6-14(13)20(17)32/h7-8,11,13-14,17,20,32H,2-6,9-10H2,1H3. The highest BCUT2D eigenvalue weighted by molar-refractivity contribution is 5.98. The van der Waals surface area contributed by atoms with E-state index in [9.17, 15) is 27.9 Å². The number of fused-ring (bicyclic) bond motifs is 2. The normalized spacial score (nSPS) is 29.7. The van der Waals surface area contributed by atoms with Gasteiger partial charge in [-0.15, -0.1) is 0 Å². The minimum atomic E-state index is -4.58. The van der Waals surface area contributed by atoms with Crippen LogP contribution in [0.5, 0.6) is 0 Å². The molecule has 10 heteroatoms. The highest BCUT2D eigenvalue weighted by Gasteiger charge is 2.55. The van der Waals surface area contributed by atoms with E-state index in [-0.39, 0.29) is 53.7 Å². The Balaban J connectivity index is 1.27. The van der Waals surface area contributed by atoms with Crippen LogP contribution in [-0.2, 0) is 18.0 Å². The maximum absolute atomic E-state index is 13.8. The number of alkyl halides is 3. The molecule has 0 spiro atoms. The van der Waals surface area contributed by atoms with Crippen LogP contribution < -0.4 is 0 Å². The van der Waals surface area contributed by atoms with E-state index in [0.29, 0.717) is 18.0 Å². The summed E-state index contributed by atoms with van der Waals surface area (Å²) in [6.45, 7) is 0.390. The molecule has 0 bridgehead atoms. The molecule has 1 N–H and O–H groups in total. The minimum Gasteiger partial charge on any atom is -0.391 e. The van der Waals surface area contributed by atoms with Gasteiger partial charge in [0.15, 0.2) is 5.82 Å². The van der Waals surface area contributed by atoms with Crippen molar-refractivity contribution in [2.75, 3.05) is 19.6 Å². The van der Waals surface area contributed by atoms with Gasteiger partial charge in [-0.25, -0.2) is 4.98 Å². The summed E-state index contributed by atoms with van der Waals surface area (Å²) in [5, 5.41) is 10.4. The molecule has 1 aromatic heterocycles. The zero-order valence-corrected chi connectivity index (χ0v) is 18.2. The monoisotopic (exact) mass is 462 g/mol. The van der Waals surface area contributed by atoms with Gasteiger partial charge in [0, 0.05) is 20.1 Å². The van der Waals surface area contributed by atoms with Crippen molar-refractivity contribution < 1.29 is 27.9 Å². The van der Waals surface area contributed by atoms with E-state index >= 15 is 0 Å². The molecule has 4 fully saturated rings. The highest BCUT2D eigenvalue weighted by atomic mass is 19.4. The quantitative estimate of drug-likeness (QED) is 0.761. The number of hydrogen-bond acceptors (Lipinski definition) is 4. The molecule has 7 nitrogen and oxygen atoms in total. The molecule has 33 heavy (non-hydrogen) atoms. The second kappa shape index (κ2) is 6.94. The molecule has 176 valence electrons. The Morgan fingerprint density at radius 3 is 2.55 bits per heavy atom. The first-order valence-corrected chi connectivity index (χ1v) is 11.5. The van der Waals surface area contributed by atoms with Crippen LogP contribution in [0, 0.1) is 11.8 Å². The number of aromatic nitrogens is 2. The molecule has 4 aliphatic rings. The summed E-state index contributed by atoms with van der Waals surface area (Å²) >= 11 is 0. The van der Waals surface area contributed by atoms with Gasteiger partial charge in [-0.05, 0) is 61.1 Å². The van der Waals surface area contributed by atoms with Crippen molar-refractivity contribution in [1.29, 1.82) is 0 Å². The number of imidazole rings is 1. The van der Waals surface area contributed by atoms with Crippen molar-refractivity contribution in [3.05, 3.63) is 29.1 Å². The predicted octanol–water partition coefficient (Wildman–Crippen LogP) is 2.52. The molecular formula is C23H25F3N4O3. The number of nitrogens with zero attached hydrogens (tertiary/aromatic N) is 4. The predicted molar refractivity (Wildman–Crippen MR) is 111 cm³/mol. The number of piperazine rings is 1. The van der Waals surface area contributed by atoms with Crippen molar-refractivity contribution in [3.8, 4) is 0 Å². The van der Waals surface area contributed by atoms with Gasteiger partial charge in [-0.2, -0.15) is 13.2 Å². The summed E-state index contributed by atoms with van der Waals surface area (Å²) in [5.74, 6) is -0.0194. The van der Waals surface area contributed by atoms with Crippen molar-refractivity contribution in [1.82, 2.24) is 19.4 Å². The lowest BCUT2D eigenvalue weighted by Gasteiger charge is -2.39. The molecule has 6 rings (SSSR count). The number of rotatable bonds is 3. The van der Waals surface area contributed by atoms with Crippen molar-refractivity contribution in [2.24, 2.45) is 18.9 Å². The molecule has 1 aromatic carbocycles. The number of halogens is 3. The second-order valence-electron chi connectivity index (χ2n) is 9.97. The number of carbonyl (C=O) groups excluding carboxylic acids is 2. The highest BCUT2D eigenvalue weighted by Crippen LogP contribution is 2.53. The van der Waals surface area contributed by atoms with E-state index in [1.807, 2.05) is 0 Å². The lowest BCUT2D eigenvalue weighted by atomic mass is 10.0. The van der Waals surface area contributed by atoms with E-state index in [0.717, 1.165) is 31.7 Å². The van der Waals surface area contributed by atoms with E-state index in [2.05, 4.69) is 4.98 Å². The van der Waals surface area contributed by atoms with Crippen LogP contribution in [0.15, 0.2) is 12.1 Å². The second-order valence-corrected chi connectivity index (χ2v) is 9.97. The Kier molecular flexibility index (Phi) is 4.41. The van der Waals surface area contributed by atoms with Gasteiger partial charge in [0.1, 0.15) is 12.1 Å². The molecule has 2 amide bonds. The van der Waals surface area contributed by atoms with E-state index < -0.39 is 23.8 Å². The summed E-state index contributed by atoms with van der Waals surface area (Å²) < 4.78 is 42.7. The average molecular weight is 462 g/mol.